The van der Waals surface area contributed by atoms with Crippen LogP contribution in [0.3, 0.4) is 0 Å². The highest BCUT2D eigenvalue weighted by molar-refractivity contribution is 6.31. The Labute approximate surface area is 130 Å². The first-order valence-electron chi connectivity index (χ1n) is 7.18. The molecule has 21 heavy (non-hydrogen) atoms. The van der Waals surface area contributed by atoms with Gasteiger partial charge < -0.3 is 20.7 Å². The number of rotatable bonds is 7. The molecule has 1 unspecified atom stereocenters. The number of benzene rings is 1. The van der Waals surface area contributed by atoms with Gasteiger partial charge in [0.2, 0.25) is 0 Å². The van der Waals surface area contributed by atoms with E-state index < -0.39 is 5.91 Å². The molecule has 1 heterocycles. The quantitative estimate of drug-likeness (QED) is 0.803. The van der Waals surface area contributed by atoms with E-state index in [4.69, 9.17) is 22.1 Å². The van der Waals surface area contributed by atoms with Crippen LogP contribution in [0.25, 0.3) is 0 Å². The number of primary amides is 1. The summed E-state index contributed by atoms with van der Waals surface area (Å²) in [7, 11) is 1.67. The first kappa shape index (κ1) is 16.1. The maximum absolute atomic E-state index is 11.7. The Morgan fingerprint density at radius 3 is 3.00 bits per heavy atom. The zero-order chi connectivity index (χ0) is 15.2. The highest BCUT2D eigenvalue weighted by Gasteiger charge is 2.21. The fourth-order valence-electron chi connectivity index (χ4n) is 2.66. The van der Waals surface area contributed by atoms with Gasteiger partial charge in [-0.15, -0.1) is 0 Å². The van der Waals surface area contributed by atoms with Crippen LogP contribution in [-0.4, -0.2) is 45.3 Å². The topological polar surface area (TPSA) is 67.6 Å². The molecule has 1 saturated heterocycles. The number of halogens is 1. The third-order valence-corrected chi connectivity index (χ3v) is 3.97. The Kier molecular flexibility index (Phi) is 5.85. The van der Waals surface area contributed by atoms with Crippen molar-refractivity contribution in [3.8, 4) is 0 Å². The van der Waals surface area contributed by atoms with Crippen LogP contribution in [0.4, 0.5) is 5.69 Å². The number of hydrogen-bond acceptors (Lipinski definition) is 4. The summed E-state index contributed by atoms with van der Waals surface area (Å²) in [5, 5.41) is 4.06. The predicted molar refractivity (Wildman–Crippen MR) is 85.1 cm³/mol. The second-order valence-corrected chi connectivity index (χ2v) is 5.69. The molecule has 1 amide bonds. The van der Waals surface area contributed by atoms with E-state index in [-0.39, 0.29) is 0 Å². The number of nitrogens with two attached hydrogens (primary N) is 1. The fraction of sp³-hybridized carbons (Fsp3) is 0.533. The van der Waals surface area contributed by atoms with Gasteiger partial charge in [-0.25, -0.2) is 0 Å². The minimum Gasteiger partial charge on any atom is -0.383 e. The van der Waals surface area contributed by atoms with Gasteiger partial charge in [-0.2, -0.15) is 0 Å². The molecule has 0 bridgehead atoms. The number of amides is 1. The smallest absolute Gasteiger partial charge is 0.250 e. The maximum Gasteiger partial charge on any atom is 0.250 e. The highest BCUT2D eigenvalue weighted by atomic mass is 35.5. The molecule has 6 heteroatoms. The first-order valence-corrected chi connectivity index (χ1v) is 7.56. The van der Waals surface area contributed by atoms with E-state index in [2.05, 4.69) is 10.2 Å². The van der Waals surface area contributed by atoms with E-state index in [1.807, 2.05) is 0 Å². The van der Waals surface area contributed by atoms with Crippen molar-refractivity contribution >= 4 is 23.2 Å². The van der Waals surface area contributed by atoms with Crippen LogP contribution < -0.4 is 16.0 Å². The SMILES string of the molecule is COCCN(CC1CCCN1)c1cc(Cl)ccc1C(N)=O. The molecular formula is C15H22ClN3O2. The van der Waals surface area contributed by atoms with Gasteiger partial charge in [0.15, 0.2) is 0 Å². The van der Waals surface area contributed by atoms with Gasteiger partial charge in [-0.3, -0.25) is 4.79 Å². The molecule has 3 N–H and O–H groups in total. The molecule has 116 valence electrons. The minimum atomic E-state index is -0.441. The van der Waals surface area contributed by atoms with Crippen molar-refractivity contribution in [2.45, 2.75) is 18.9 Å². The highest BCUT2D eigenvalue weighted by Crippen LogP contribution is 2.25. The van der Waals surface area contributed by atoms with Gasteiger partial charge in [-0.1, -0.05) is 11.6 Å². The van der Waals surface area contributed by atoms with Crippen molar-refractivity contribution in [2.75, 3.05) is 38.3 Å². The number of nitrogens with one attached hydrogen (secondary N) is 1. The molecule has 0 spiro atoms. The molecule has 1 fully saturated rings. The Bertz CT molecular complexity index is 490. The summed E-state index contributed by atoms with van der Waals surface area (Å²) in [4.78, 5) is 13.8. The Hall–Kier alpha value is -1.30. The largest absolute Gasteiger partial charge is 0.383 e. The molecule has 1 atom stereocenters. The van der Waals surface area contributed by atoms with Gasteiger partial charge >= 0.3 is 0 Å². The van der Waals surface area contributed by atoms with Crippen molar-refractivity contribution in [3.05, 3.63) is 28.8 Å². The van der Waals surface area contributed by atoms with Crippen LogP contribution in [0.2, 0.25) is 5.02 Å². The molecule has 5 nitrogen and oxygen atoms in total. The van der Waals surface area contributed by atoms with Crippen LogP contribution in [0.1, 0.15) is 23.2 Å². The van der Waals surface area contributed by atoms with E-state index in [0.717, 1.165) is 25.2 Å². The second-order valence-electron chi connectivity index (χ2n) is 5.26. The number of ether oxygens (including phenoxy) is 1. The molecule has 0 saturated carbocycles. The van der Waals surface area contributed by atoms with Crippen LogP contribution in [0.5, 0.6) is 0 Å². The molecule has 0 aromatic heterocycles. The van der Waals surface area contributed by atoms with Crippen LogP contribution in [-0.2, 0) is 4.74 Å². The lowest BCUT2D eigenvalue weighted by Gasteiger charge is -2.29. The standard InChI is InChI=1S/C15H22ClN3O2/c1-21-8-7-19(10-12-3-2-6-18-12)14-9-11(16)4-5-13(14)15(17)20/h4-5,9,12,18H,2-3,6-8,10H2,1H3,(H2,17,20). The van der Waals surface area contributed by atoms with E-state index in [1.165, 1.54) is 6.42 Å². The number of nitrogens with zero attached hydrogens (tertiary/aromatic N) is 1. The summed E-state index contributed by atoms with van der Waals surface area (Å²) in [6, 6.07) is 5.59. The third-order valence-electron chi connectivity index (χ3n) is 3.73. The lowest BCUT2D eigenvalue weighted by atomic mass is 10.1. The lowest BCUT2D eigenvalue weighted by molar-refractivity contribution is 0.100. The molecule has 0 radical (unpaired) electrons. The summed E-state index contributed by atoms with van der Waals surface area (Å²) < 4.78 is 5.18. The summed E-state index contributed by atoms with van der Waals surface area (Å²) >= 11 is 6.09. The molecule has 2 rings (SSSR count). The van der Waals surface area contributed by atoms with Crippen LogP contribution in [0.15, 0.2) is 18.2 Å². The molecule has 0 aliphatic carbocycles. The third kappa shape index (κ3) is 4.33. The lowest BCUT2D eigenvalue weighted by Crippen LogP contribution is -2.40. The number of methoxy groups -OCH3 is 1. The molecule has 1 aliphatic rings. The van der Waals surface area contributed by atoms with E-state index >= 15 is 0 Å². The van der Waals surface area contributed by atoms with Crippen LogP contribution >= 0.6 is 11.6 Å². The molecule has 1 aliphatic heterocycles. The van der Waals surface area contributed by atoms with Crippen LogP contribution in [0, 0.1) is 0 Å². The monoisotopic (exact) mass is 311 g/mol. The van der Waals surface area contributed by atoms with Gasteiger partial charge in [0.1, 0.15) is 0 Å². The fourth-order valence-corrected chi connectivity index (χ4v) is 2.83. The summed E-state index contributed by atoms with van der Waals surface area (Å²) in [6.07, 6.45) is 2.32. The Morgan fingerprint density at radius 2 is 2.38 bits per heavy atom. The van der Waals surface area contributed by atoms with Gasteiger partial charge in [-0.05, 0) is 37.6 Å². The minimum absolute atomic E-state index is 0.418. The van der Waals surface area contributed by atoms with E-state index in [0.29, 0.717) is 29.8 Å². The summed E-state index contributed by atoms with van der Waals surface area (Å²) in [6.45, 7) is 3.12. The van der Waals surface area contributed by atoms with E-state index in [1.54, 1.807) is 25.3 Å². The van der Waals surface area contributed by atoms with Crippen molar-refractivity contribution < 1.29 is 9.53 Å². The Morgan fingerprint density at radius 1 is 1.57 bits per heavy atom. The van der Waals surface area contributed by atoms with Gasteiger partial charge in [0.05, 0.1) is 17.9 Å². The number of hydrogen-bond donors (Lipinski definition) is 2. The average molecular weight is 312 g/mol. The number of carbonyl (C=O) groups is 1. The maximum atomic E-state index is 11.7. The van der Waals surface area contributed by atoms with Crippen molar-refractivity contribution in [2.24, 2.45) is 5.73 Å². The predicted octanol–water partition coefficient (Wildman–Crippen LogP) is 1.64. The summed E-state index contributed by atoms with van der Waals surface area (Å²) in [5.41, 5.74) is 6.76. The van der Waals surface area contributed by atoms with Crippen molar-refractivity contribution in [3.63, 3.8) is 0 Å². The average Bonchev–Trinajstić information content (AvgIpc) is 2.96. The van der Waals surface area contributed by atoms with Crippen molar-refractivity contribution in [1.29, 1.82) is 0 Å². The van der Waals surface area contributed by atoms with Crippen molar-refractivity contribution in [1.82, 2.24) is 5.32 Å². The second kappa shape index (κ2) is 7.64. The summed E-state index contributed by atoms with van der Waals surface area (Å²) in [5.74, 6) is -0.441. The molecule has 1 aromatic carbocycles. The van der Waals surface area contributed by atoms with E-state index in [9.17, 15) is 4.79 Å². The molecular weight excluding hydrogens is 290 g/mol. The van der Waals surface area contributed by atoms with Gasteiger partial charge in [0, 0.05) is 31.3 Å². The number of carbonyl (C=O) groups excluding carboxylic acids is 1. The first-order chi connectivity index (χ1) is 10.1. The number of anilines is 1. The van der Waals surface area contributed by atoms with Gasteiger partial charge in [0.25, 0.3) is 5.91 Å². The Balaban J connectivity index is 2.25. The molecule has 1 aromatic rings. The zero-order valence-electron chi connectivity index (χ0n) is 12.3. The zero-order valence-corrected chi connectivity index (χ0v) is 13.0. The normalized spacial score (nSPS) is 17.9.